The van der Waals surface area contributed by atoms with Crippen molar-refractivity contribution in [1.29, 1.82) is 0 Å². The largest absolute Gasteiger partial charge is 0.384 e. The number of para-hydroxylation sites is 1. The van der Waals surface area contributed by atoms with E-state index in [2.05, 4.69) is 41.6 Å². The Bertz CT molecular complexity index is 888. The average molecular weight is 441 g/mol. The molecule has 4 nitrogen and oxygen atoms in total. The molecule has 0 amide bonds. The van der Waals surface area contributed by atoms with Crippen LogP contribution in [0.15, 0.2) is 42.4 Å². The van der Waals surface area contributed by atoms with E-state index in [9.17, 15) is 0 Å². The smallest absolute Gasteiger partial charge is 0.147 e. The van der Waals surface area contributed by atoms with E-state index in [4.69, 9.17) is 5.73 Å². The molecule has 3 rings (SSSR count). The number of fused-ring (bicyclic) bond motifs is 1. The summed E-state index contributed by atoms with van der Waals surface area (Å²) >= 11 is 0. The number of hydrogen-bond acceptors (Lipinski definition) is 4. The first-order valence-corrected chi connectivity index (χ1v) is 11.8. The summed E-state index contributed by atoms with van der Waals surface area (Å²) in [5, 5.41) is 0. The quantitative estimate of drug-likeness (QED) is 0.408. The third-order valence-corrected chi connectivity index (χ3v) is 6.07. The van der Waals surface area contributed by atoms with E-state index in [1.54, 1.807) is 12.1 Å². The van der Waals surface area contributed by atoms with Gasteiger partial charge in [-0.2, -0.15) is 0 Å². The molecule has 1 aliphatic heterocycles. The minimum atomic E-state index is -0.188. The fourth-order valence-electron chi connectivity index (χ4n) is 4.64. The maximum absolute atomic E-state index is 15.1. The van der Waals surface area contributed by atoms with Crippen LogP contribution < -0.4 is 15.5 Å². The molecule has 0 saturated carbocycles. The molecule has 2 N–H and O–H groups in total. The molecule has 0 saturated heterocycles. The molecule has 0 radical (unpaired) electrons. The number of halogens is 1. The highest BCUT2D eigenvalue weighted by Crippen LogP contribution is 2.41. The first kappa shape index (κ1) is 25.7. The fraction of sp³-hybridized carbons (Fsp3) is 0.519. The van der Waals surface area contributed by atoms with Crippen LogP contribution in [0, 0.1) is 12.7 Å². The van der Waals surface area contributed by atoms with Gasteiger partial charge in [0, 0.05) is 23.9 Å². The number of hydrogen-bond donors (Lipinski definition) is 1. The molecular weight excluding hydrogens is 399 g/mol. The molecule has 1 aliphatic rings. The molecule has 2 heterocycles. The number of unbranched alkanes of at least 4 members (excludes halogenated alkanes) is 2. The lowest BCUT2D eigenvalue weighted by Gasteiger charge is -2.46. The minimum absolute atomic E-state index is 0. The summed E-state index contributed by atoms with van der Waals surface area (Å²) in [7, 11) is 0. The van der Waals surface area contributed by atoms with Crippen molar-refractivity contribution in [2.24, 2.45) is 0 Å². The van der Waals surface area contributed by atoms with E-state index >= 15 is 4.39 Å². The molecule has 0 spiro atoms. The molecule has 176 valence electrons. The number of pyridine rings is 1. The summed E-state index contributed by atoms with van der Waals surface area (Å²) in [6.45, 7) is 9.18. The number of allylic oxidation sites excluding steroid dienone is 1. The van der Waals surface area contributed by atoms with Crippen molar-refractivity contribution in [2.45, 2.75) is 92.7 Å². The van der Waals surface area contributed by atoms with E-state index in [1.165, 1.54) is 19.3 Å². The normalized spacial score (nSPS) is 15.5. The van der Waals surface area contributed by atoms with E-state index in [0.29, 0.717) is 24.1 Å². The van der Waals surface area contributed by atoms with Crippen LogP contribution in [0.1, 0.15) is 84.3 Å². The minimum Gasteiger partial charge on any atom is -0.384 e. The van der Waals surface area contributed by atoms with Crippen LogP contribution in [0.3, 0.4) is 0 Å². The monoisotopic (exact) mass is 440 g/mol. The average Bonchev–Trinajstić information content (AvgIpc) is 2.74. The third-order valence-electron chi connectivity index (χ3n) is 6.07. The van der Waals surface area contributed by atoms with Gasteiger partial charge in [0.1, 0.15) is 17.5 Å². The Morgan fingerprint density at radius 2 is 1.94 bits per heavy atom. The predicted octanol–water partition coefficient (Wildman–Crippen LogP) is 7.57. The van der Waals surface area contributed by atoms with Crippen molar-refractivity contribution in [3.63, 3.8) is 0 Å². The van der Waals surface area contributed by atoms with Gasteiger partial charge in [-0.05, 0) is 43.9 Å². The van der Waals surface area contributed by atoms with Crippen LogP contribution in [0.4, 0.5) is 21.6 Å². The number of aromatic nitrogens is 1. The van der Waals surface area contributed by atoms with Crippen LogP contribution in [-0.2, 0) is 6.54 Å². The van der Waals surface area contributed by atoms with Crippen molar-refractivity contribution < 1.29 is 4.39 Å². The highest BCUT2D eigenvalue weighted by Gasteiger charge is 2.34. The summed E-state index contributed by atoms with van der Waals surface area (Å²) in [6.07, 6.45) is 11.9. The lowest BCUT2D eigenvalue weighted by Crippen LogP contribution is -2.46. The molecular formula is C27H41FN4. The first-order valence-electron chi connectivity index (χ1n) is 11.8. The summed E-state index contributed by atoms with van der Waals surface area (Å²) < 4.78 is 15.1. The Labute approximate surface area is 194 Å². The number of nitrogens with zero attached hydrogens (tertiary/aromatic N) is 3. The third kappa shape index (κ3) is 5.43. The van der Waals surface area contributed by atoms with Gasteiger partial charge in [0.05, 0.1) is 17.9 Å². The fourth-order valence-corrected chi connectivity index (χ4v) is 4.64. The van der Waals surface area contributed by atoms with Gasteiger partial charge < -0.3 is 15.5 Å². The molecule has 0 bridgehead atoms. The summed E-state index contributed by atoms with van der Waals surface area (Å²) in [5.74, 6) is 1.40. The molecule has 0 aliphatic carbocycles. The molecule has 2 aromatic rings. The zero-order chi connectivity index (χ0) is 22.4. The highest BCUT2D eigenvalue weighted by atomic mass is 19.1. The Morgan fingerprint density at radius 1 is 1.16 bits per heavy atom. The zero-order valence-corrected chi connectivity index (χ0v) is 19.5. The van der Waals surface area contributed by atoms with E-state index in [0.717, 1.165) is 48.3 Å². The zero-order valence-electron chi connectivity index (χ0n) is 19.5. The van der Waals surface area contributed by atoms with Crippen LogP contribution in [0.25, 0.3) is 0 Å². The molecule has 5 heteroatoms. The van der Waals surface area contributed by atoms with Crippen molar-refractivity contribution >= 4 is 17.2 Å². The SMILES string of the molecule is C.CCC=C1N(c2c(C)cccc2F)Cc2cnc(N)cc2N1C(CCC)CCCCC. The van der Waals surface area contributed by atoms with Gasteiger partial charge >= 0.3 is 0 Å². The Kier molecular flexibility index (Phi) is 9.55. The Morgan fingerprint density at radius 3 is 2.59 bits per heavy atom. The maximum atomic E-state index is 15.1. The second-order valence-corrected chi connectivity index (χ2v) is 8.51. The number of aryl methyl sites for hydroxylation is 1. The number of nitrogens with two attached hydrogens (primary N) is 1. The number of anilines is 3. The molecule has 0 fully saturated rings. The standard InChI is InChI=1S/C26H37FN4.CH4/c1-5-8-9-14-21(11-6-2)31-23-16-24(28)29-17-20(23)18-30(25(31)12-7-3)26-19(4)13-10-15-22(26)27;/h10,12-13,15-17,21H,5-9,11,14,18H2,1-4H3,(H2,28,29);1H4. The molecule has 1 aromatic heterocycles. The predicted molar refractivity (Wildman–Crippen MR) is 136 cm³/mol. The Hall–Kier alpha value is -2.56. The van der Waals surface area contributed by atoms with Crippen molar-refractivity contribution in [3.05, 3.63) is 59.3 Å². The lowest BCUT2D eigenvalue weighted by atomic mass is 9.98. The summed E-state index contributed by atoms with van der Waals surface area (Å²) in [5.41, 5.74) is 9.91. The van der Waals surface area contributed by atoms with Crippen molar-refractivity contribution in [3.8, 4) is 0 Å². The molecule has 1 atom stereocenters. The van der Waals surface area contributed by atoms with Crippen LogP contribution in [0.5, 0.6) is 0 Å². The van der Waals surface area contributed by atoms with Crippen LogP contribution >= 0.6 is 0 Å². The van der Waals surface area contributed by atoms with Crippen molar-refractivity contribution in [1.82, 2.24) is 4.98 Å². The van der Waals surface area contributed by atoms with Crippen molar-refractivity contribution in [2.75, 3.05) is 15.5 Å². The topological polar surface area (TPSA) is 45.4 Å². The van der Waals surface area contributed by atoms with Gasteiger partial charge in [-0.1, -0.05) is 66.0 Å². The van der Waals surface area contributed by atoms with Gasteiger partial charge in [-0.25, -0.2) is 9.37 Å². The van der Waals surface area contributed by atoms with Gasteiger partial charge in [-0.15, -0.1) is 0 Å². The second kappa shape index (κ2) is 11.9. The summed E-state index contributed by atoms with van der Waals surface area (Å²) in [4.78, 5) is 8.92. The highest BCUT2D eigenvalue weighted by molar-refractivity contribution is 5.72. The number of benzene rings is 1. The maximum Gasteiger partial charge on any atom is 0.147 e. The molecule has 1 aromatic carbocycles. The van der Waals surface area contributed by atoms with E-state index in [1.807, 2.05) is 25.3 Å². The van der Waals surface area contributed by atoms with Crippen LogP contribution in [-0.4, -0.2) is 11.0 Å². The Balaban J connectivity index is 0.00000363. The molecule has 1 unspecified atom stereocenters. The lowest BCUT2D eigenvalue weighted by molar-refractivity contribution is 0.492. The van der Waals surface area contributed by atoms with Gasteiger partial charge in [-0.3, -0.25) is 0 Å². The first-order chi connectivity index (χ1) is 15.0. The van der Waals surface area contributed by atoms with Crippen LogP contribution in [0.2, 0.25) is 0 Å². The number of nitrogen functional groups attached to an aromatic ring is 1. The second-order valence-electron chi connectivity index (χ2n) is 8.51. The van der Waals surface area contributed by atoms with E-state index < -0.39 is 0 Å². The van der Waals surface area contributed by atoms with Gasteiger partial charge in [0.2, 0.25) is 0 Å². The number of rotatable bonds is 9. The molecule has 32 heavy (non-hydrogen) atoms. The van der Waals surface area contributed by atoms with Gasteiger partial charge in [0.15, 0.2) is 0 Å². The van der Waals surface area contributed by atoms with E-state index in [-0.39, 0.29) is 13.2 Å². The summed E-state index contributed by atoms with van der Waals surface area (Å²) in [6, 6.07) is 7.64. The van der Waals surface area contributed by atoms with Gasteiger partial charge in [0.25, 0.3) is 0 Å².